The van der Waals surface area contributed by atoms with Gasteiger partial charge in [0.15, 0.2) is 5.13 Å². The highest BCUT2D eigenvalue weighted by atomic mass is 32.1. The molecule has 1 aromatic heterocycles. The minimum atomic E-state index is -0.451. The number of hydrogen-bond donors (Lipinski definition) is 1. The van der Waals surface area contributed by atoms with Crippen molar-refractivity contribution in [2.75, 3.05) is 18.0 Å². The molecule has 14 heavy (non-hydrogen) atoms. The number of aliphatic hydroxyl groups excluding tert-OH is 1. The maximum absolute atomic E-state index is 10.4. The third-order valence-electron chi connectivity index (χ3n) is 2.10. The first kappa shape index (κ1) is 9.35. The summed E-state index contributed by atoms with van der Waals surface area (Å²) in [6.45, 7) is 1.23. The molecule has 1 fully saturated rings. The summed E-state index contributed by atoms with van der Waals surface area (Å²) in [5, 5.41) is 20.3. The largest absolute Gasteiger partial charge is 0.391 e. The smallest absolute Gasteiger partial charge is 0.345 e. The molecule has 2 heterocycles. The fourth-order valence-corrected chi connectivity index (χ4v) is 2.17. The topological polar surface area (TPSA) is 79.5 Å². The number of aliphatic hydroxyl groups is 1. The molecule has 7 heteroatoms. The van der Waals surface area contributed by atoms with Crippen LogP contribution in [0.2, 0.25) is 0 Å². The molecular weight excluding hydrogens is 206 g/mol. The molecule has 0 saturated carbocycles. The first-order chi connectivity index (χ1) is 6.66. The summed E-state index contributed by atoms with van der Waals surface area (Å²) >= 11 is 1.04. The van der Waals surface area contributed by atoms with Crippen LogP contribution < -0.4 is 4.90 Å². The van der Waals surface area contributed by atoms with E-state index in [9.17, 15) is 15.2 Å². The second-order valence-electron chi connectivity index (χ2n) is 3.13. The molecule has 0 spiro atoms. The molecule has 1 aliphatic heterocycles. The second-order valence-corrected chi connectivity index (χ2v) is 4.11. The highest BCUT2D eigenvalue weighted by Gasteiger charge is 2.24. The first-order valence-electron chi connectivity index (χ1n) is 4.20. The van der Waals surface area contributed by atoms with E-state index in [4.69, 9.17) is 0 Å². The molecule has 1 aliphatic rings. The van der Waals surface area contributed by atoms with Gasteiger partial charge in [-0.05, 0) is 17.8 Å². The highest BCUT2D eigenvalue weighted by Crippen LogP contribution is 2.30. The molecule has 2 rings (SSSR count). The Morgan fingerprint density at radius 2 is 2.57 bits per heavy atom. The van der Waals surface area contributed by atoms with Crippen molar-refractivity contribution in [1.82, 2.24) is 4.98 Å². The number of nitrogens with zero attached hydrogens (tertiary/aromatic N) is 3. The minimum Gasteiger partial charge on any atom is -0.391 e. The molecule has 0 aromatic carbocycles. The summed E-state index contributed by atoms with van der Waals surface area (Å²) in [5.74, 6) is 0. The summed E-state index contributed by atoms with van der Waals surface area (Å²) in [6, 6.07) is 0. The molecule has 0 unspecified atom stereocenters. The van der Waals surface area contributed by atoms with E-state index >= 15 is 0 Å². The molecule has 6 nitrogen and oxygen atoms in total. The third kappa shape index (κ3) is 1.68. The molecular formula is C7H9N3O3S. The molecule has 76 valence electrons. The Labute approximate surface area is 84.0 Å². The number of thiazole rings is 1. The second kappa shape index (κ2) is 3.50. The van der Waals surface area contributed by atoms with Gasteiger partial charge in [-0.1, -0.05) is 0 Å². The van der Waals surface area contributed by atoms with Crippen molar-refractivity contribution >= 4 is 21.5 Å². The van der Waals surface area contributed by atoms with Crippen LogP contribution in [0.1, 0.15) is 6.42 Å². The van der Waals surface area contributed by atoms with E-state index in [0.29, 0.717) is 24.6 Å². The van der Waals surface area contributed by atoms with E-state index < -0.39 is 4.92 Å². The molecule has 0 bridgehead atoms. The number of anilines is 1. The molecule has 1 atom stereocenters. The predicted octanol–water partition coefficient (Wildman–Crippen LogP) is 0.622. The quantitative estimate of drug-likeness (QED) is 0.578. The number of β-amino-alcohol motifs (C(OH)–C–C–N with tert-alkyl or cyclic N) is 1. The van der Waals surface area contributed by atoms with Crippen LogP contribution >= 0.6 is 11.3 Å². The van der Waals surface area contributed by atoms with E-state index in [2.05, 4.69) is 4.98 Å². The van der Waals surface area contributed by atoms with Crippen LogP contribution in [0.3, 0.4) is 0 Å². The van der Waals surface area contributed by atoms with Gasteiger partial charge in [-0.25, -0.2) is 4.98 Å². The summed E-state index contributed by atoms with van der Waals surface area (Å²) < 4.78 is 0. The molecule has 0 radical (unpaired) electrons. The van der Waals surface area contributed by atoms with Gasteiger partial charge < -0.3 is 10.0 Å². The van der Waals surface area contributed by atoms with Gasteiger partial charge in [0.1, 0.15) is 6.20 Å². The van der Waals surface area contributed by atoms with Gasteiger partial charge in [0, 0.05) is 13.1 Å². The van der Waals surface area contributed by atoms with E-state index in [1.165, 1.54) is 6.20 Å². The monoisotopic (exact) mass is 215 g/mol. The standard InChI is InChI=1S/C7H9N3O3S/c11-5-1-2-9(4-5)7-8-3-6(14-7)10(12)13/h3,5,11H,1-2,4H2/t5-/m0/s1. The van der Waals surface area contributed by atoms with Crippen LogP contribution in [0.5, 0.6) is 0 Å². The van der Waals surface area contributed by atoms with E-state index in [-0.39, 0.29) is 11.1 Å². The summed E-state index contributed by atoms with van der Waals surface area (Å²) in [4.78, 5) is 15.8. The Balaban J connectivity index is 2.13. The number of aromatic nitrogens is 1. The van der Waals surface area contributed by atoms with Crippen LogP contribution in [-0.4, -0.2) is 34.2 Å². The van der Waals surface area contributed by atoms with Gasteiger partial charge in [0.25, 0.3) is 0 Å². The molecule has 0 amide bonds. The van der Waals surface area contributed by atoms with Crippen molar-refractivity contribution < 1.29 is 10.0 Å². The zero-order valence-electron chi connectivity index (χ0n) is 7.29. The van der Waals surface area contributed by atoms with E-state index in [1.54, 1.807) is 0 Å². The summed E-state index contributed by atoms with van der Waals surface area (Å²) in [7, 11) is 0. The third-order valence-corrected chi connectivity index (χ3v) is 3.10. The fourth-order valence-electron chi connectivity index (χ4n) is 1.40. The van der Waals surface area contributed by atoms with Gasteiger partial charge in [-0.2, -0.15) is 0 Å². The predicted molar refractivity (Wildman–Crippen MR) is 51.6 cm³/mol. The summed E-state index contributed by atoms with van der Waals surface area (Å²) in [6.07, 6.45) is 1.62. The molecule has 1 N–H and O–H groups in total. The Kier molecular flexibility index (Phi) is 2.34. The SMILES string of the molecule is O=[N+]([O-])c1cnc(N2CC[C@H](O)C2)s1. The van der Waals surface area contributed by atoms with E-state index in [1.807, 2.05) is 4.90 Å². The van der Waals surface area contributed by atoms with Crippen molar-refractivity contribution in [1.29, 1.82) is 0 Å². The molecule has 1 saturated heterocycles. The Bertz CT molecular complexity index is 354. The lowest BCUT2D eigenvalue weighted by molar-refractivity contribution is -0.380. The van der Waals surface area contributed by atoms with Gasteiger partial charge in [0.05, 0.1) is 11.0 Å². The zero-order chi connectivity index (χ0) is 10.1. The normalized spacial score (nSPS) is 21.5. The van der Waals surface area contributed by atoms with Crippen molar-refractivity contribution in [3.63, 3.8) is 0 Å². The van der Waals surface area contributed by atoms with Gasteiger partial charge >= 0.3 is 5.00 Å². The fraction of sp³-hybridized carbons (Fsp3) is 0.571. The van der Waals surface area contributed by atoms with Crippen LogP contribution in [0.4, 0.5) is 10.1 Å². The summed E-state index contributed by atoms with van der Waals surface area (Å²) in [5.41, 5.74) is 0. The Morgan fingerprint density at radius 3 is 3.07 bits per heavy atom. The zero-order valence-corrected chi connectivity index (χ0v) is 8.11. The molecule has 0 aliphatic carbocycles. The lowest BCUT2D eigenvalue weighted by Crippen LogP contribution is -2.20. The van der Waals surface area contributed by atoms with Crippen LogP contribution in [-0.2, 0) is 0 Å². The molecule has 1 aromatic rings. The van der Waals surface area contributed by atoms with Gasteiger partial charge in [0.2, 0.25) is 0 Å². The van der Waals surface area contributed by atoms with Gasteiger partial charge in [-0.15, -0.1) is 0 Å². The first-order valence-corrected chi connectivity index (χ1v) is 5.01. The van der Waals surface area contributed by atoms with Crippen molar-refractivity contribution in [2.24, 2.45) is 0 Å². The number of rotatable bonds is 2. The van der Waals surface area contributed by atoms with Crippen LogP contribution in [0.25, 0.3) is 0 Å². The average Bonchev–Trinajstić information content (AvgIpc) is 2.70. The number of nitro groups is 1. The maximum Gasteiger partial charge on any atom is 0.345 e. The Morgan fingerprint density at radius 1 is 1.79 bits per heavy atom. The van der Waals surface area contributed by atoms with Crippen molar-refractivity contribution in [2.45, 2.75) is 12.5 Å². The average molecular weight is 215 g/mol. The van der Waals surface area contributed by atoms with Crippen molar-refractivity contribution in [3.05, 3.63) is 16.3 Å². The van der Waals surface area contributed by atoms with Crippen LogP contribution in [0, 0.1) is 10.1 Å². The Hall–Kier alpha value is -1.21. The van der Waals surface area contributed by atoms with Crippen molar-refractivity contribution in [3.8, 4) is 0 Å². The number of hydrogen-bond acceptors (Lipinski definition) is 6. The highest BCUT2D eigenvalue weighted by molar-refractivity contribution is 7.18. The lowest BCUT2D eigenvalue weighted by atomic mass is 10.3. The van der Waals surface area contributed by atoms with Crippen LogP contribution in [0.15, 0.2) is 6.20 Å². The lowest BCUT2D eigenvalue weighted by Gasteiger charge is -2.11. The minimum absolute atomic E-state index is 0.0430. The van der Waals surface area contributed by atoms with E-state index in [0.717, 1.165) is 11.3 Å². The van der Waals surface area contributed by atoms with Gasteiger partial charge in [-0.3, -0.25) is 10.1 Å². The maximum atomic E-state index is 10.4.